The van der Waals surface area contributed by atoms with Gasteiger partial charge in [-0.3, -0.25) is 4.90 Å². The standard InChI is InChI=1S/C15H31N/c1-8-13-11-12(14(2,3)4)9-10-16(13)15(5,6)7/h12-13H,8-11H2,1-7H3/t12?,13-/m1/s1. The van der Waals surface area contributed by atoms with E-state index in [1.165, 1.54) is 25.8 Å². The Morgan fingerprint density at radius 3 is 2.00 bits per heavy atom. The number of likely N-dealkylation sites (tertiary alicyclic amines) is 1. The van der Waals surface area contributed by atoms with Crippen LogP contribution in [0.25, 0.3) is 0 Å². The summed E-state index contributed by atoms with van der Waals surface area (Å²) in [5, 5.41) is 0. The Morgan fingerprint density at radius 2 is 1.62 bits per heavy atom. The Hall–Kier alpha value is -0.0400. The van der Waals surface area contributed by atoms with Gasteiger partial charge in [0.2, 0.25) is 0 Å². The molecule has 1 aliphatic rings. The Bertz CT molecular complexity index is 219. The van der Waals surface area contributed by atoms with Crippen molar-refractivity contribution in [3.63, 3.8) is 0 Å². The van der Waals surface area contributed by atoms with Gasteiger partial charge in [-0.05, 0) is 57.9 Å². The van der Waals surface area contributed by atoms with Crippen LogP contribution < -0.4 is 0 Å². The molecule has 1 heteroatoms. The van der Waals surface area contributed by atoms with Crippen molar-refractivity contribution >= 4 is 0 Å². The highest BCUT2D eigenvalue weighted by Gasteiger charge is 2.37. The van der Waals surface area contributed by atoms with Crippen molar-refractivity contribution in [2.24, 2.45) is 11.3 Å². The summed E-state index contributed by atoms with van der Waals surface area (Å²) < 4.78 is 0. The number of hydrogen-bond donors (Lipinski definition) is 0. The molecular weight excluding hydrogens is 194 g/mol. The normalized spacial score (nSPS) is 29.4. The molecule has 0 N–H and O–H groups in total. The molecule has 0 spiro atoms. The van der Waals surface area contributed by atoms with Crippen molar-refractivity contribution in [1.29, 1.82) is 0 Å². The third-order valence-electron chi connectivity index (χ3n) is 4.27. The maximum absolute atomic E-state index is 2.72. The van der Waals surface area contributed by atoms with Crippen LogP contribution in [0, 0.1) is 11.3 Å². The van der Waals surface area contributed by atoms with Crippen LogP contribution in [0.5, 0.6) is 0 Å². The molecule has 0 aromatic heterocycles. The first-order valence-corrected chi connectivity index (χ1v) is 6.93. The molecule has 1 aliphatic heterocycles. The Balaban J connectivity index is 2.72. The van der Waals surface area contributed by atoms with Gasteiger partial charge in [-0.2, -0.15) is 0 Å². The molecule has 1 nitrogen and oxygen atoms in total. The van der Waals surface area contributed by atoms with E-state index in [0.717, 1.165) is 12.0 Å². The fourth-order valence-corrected chi connectivity index (χ4v) is 3.11. The van der Waals surface area contributed by atoms with Gasteiger partial charge in [0, 0.05) is 11.6 Å². The van der Waals surface area contributed by atoms with Crippen molar-refractivity contribution in [2.45, 2.75) is 79.3 Å². The topological polar surface area (TPSA) is 3.24 Å². The van der Waals surface area contributed by atoms with E-state index in [9.17, 15) is 0 Å². The van der Waals surface area contributed by atoms with Crippen LogP contribution >= 0.6 is 0 Å². The van der Waals surface area contributed by atoms with Crippen molar-refractivity contribution in [1.82, 2.24) is 4.90 Å². The lowest BCUT2D eigenvalue weighted by molar-refractivity contribution is 0.00186. The summed E-state index contributed by atoms with van der Waals surface area (Å²) in [5.74, 6) is 0.899. The van der Waals surface area contributed by atoms with Crippen LogP contribution in [0.2, 0.25) is 0 Å². The van der Waals surface area contributed by atoms with Crippen molar-refractivity contribution in [3.8, 4) is 0 Å². The number of hydrogen-bond acceptors (Lipinski definition) is 1. The summed E-state index contributed by atoms with van der Waals surface area (Å²) in [4.78, 5) is 2.72. The van der Waals surface area contributed by atoms with Crippen LogP contribution in [-0.2, 0) is 0 Å². The van der Waals surface area contributed by atoms with Gasteiger partial charge in [-0.25, -0.2) is 0 Å². The first-order valence-electron chi connectivity index (χ1n) is 6.93. The van der Waals surface area contributed by atoms with Gasteiger partial charge in [0.05, 0.1) is 0 Å². The fraction of sp³-hybridized carbons (Fsp3) is 1.00. The third kappa shape index (κ3) is 3.23. The second kappa shape index (κ2) is 4.68. The fourth-order valence-electron chi connectivity index (χ4n) is 3.11. The van der Waals surface area contributed by atoms with E-state index in [0.29, 0.717) is 11.0 Å². The minimum absolute atomic E-state index is 0.337. The largest absolute Gasteiger partial charge is 0.296 e. The zero-order valence-electron chi connectivity index (χ0n) is 12.4. The monoisotopic (exact) mass is 225 g/mol. The smallest absolute Gasteiger partial charge is 0.0127 e. The van der Waals surface area contributed by atoms with Crippen LogP contribution in [0.4, 0.5) is 0 Å². The number of nitrogens with zero attached hydrogens (tertiary/aromatic N) is 1. The van der Waals surface area contributed by atoms with E-state index < -0.39 is 0 Å². The quantitative estimate of drug-likeness (QED) is 0.642. The molecule has 0 amide bonds. The van der Waals surface area contributed by atoms with E-state index in [-0.39, 0.29) is 0 Å². The van der Waals surface area contributed by atoms with Gasteiger partial charge in [0.1, 0.15) is 0 Å². The molecule has 96 valence electrons. The highest BCUT2D eigenvalue weighted by atomic mass is 15.2. The average Bonchev–Trinajstić information content (AvgIpc) is 2.14. The molecule has 0 radical (unpaired) electrons. The van der Waals surface area contributed by atoms with Crippen molar-refractivity contribution in [3.05, 3.63) is 0 Å². The highest BCUT2D eigenvalue weighted by molar-refractivity contribution is 4.91. The van der Waals surface area contributed by atoms with Gasteiger partial charge < -0.3 is 0 Å². The lowest BCUT2D eigenvalue weighted by atomic mass is 9.72. The summed E-state index contributed by atoms with van der Waals surface area (Å²) >= 11 is 0. The molecule has 16 heavy (non-hydrogen) atoms. The molecule has 2 atom stereocenters. The molecule has 1 heterocycles. The van der Waals surface area contributed by atoms with E-state index in [1.54, 1.807) is 0 Å². The van der Waals surface area contributed by atoms with Crippen LogP contribution in [0.1, 0.15) is 67.7 Å². The highest BCUT2D eigenvalue weighted by Crippen LogP contribution is 2.39. The van der Waals surface area contributed by atoms with Gasteiger partial charge in [-0.15, -0.1) is 0 Å². The zero-order valence-corrected chi connectivity index (χ0v) is 12.4. The molecular formula is C15H31N. The second-order valence-corrected chi connectivity index (χ2v) is 7.51. The molecule has 0 aromatic rings. The van der Waals surface area contributed by atoms with Gasteiger partial charge in [0.25, 0.3) is 0 Å². The molecule has 1 fully saturated rings. The molecule has 1 saturated heterocycles. The summed E-state index contributed by atoms with van der Waals surface area (Å²) in [6.07, 6.45) is 4.05. The summed E-state index contributed by atoms with van der Waals surface area (Å²) in [5.41, 5.74) is 0.820. The molecule has 0 saturated carbocycles. The third-order valence-corrected chi connectivity index (χ3v) is 4.27. The molecule has 0 aromatic carbocycles. The Labute approximate surface area is 103 Å². The molecule has 1 rings (SSSR count). The van der Waals surface area contributed by atoms with Crippen LogP contribution in [-0.4, -0.2) is 23.0 Å². The number of piperidine rings is 1. The van der Waals surface area contributed by atoms with E-state index in [4.69, 9.17) is 0 Å². The van der Waals surface area contributed by atoms with Crippen LogP contribution in [0.3, 0.4) is 0 Å². The minimum Gasteiger partial charge on any atom is -0.296 e. The van der Waals surface area contributed by atoms with Crippen molar-refractivity contribution in [2.75, 3.05) is 6.54 Å². The molecule has 0 bridgehead atoms. The minimum atomic E-state index is 0.337. The Morgan fingerprint density at radius 1 is 1.06 bits per heavy atom. The zero-order chi connectivity index (χ0) is 12.6. The van der Waals surface area contributed by atoms with E-state index in [1.807, 2.05) is 0 Å². The second-order valence-electron chi connectivity index (χ2n) is 7.51. The van der Waals surface area contributed by atoms with Gasteiger partial charge in [0.15, 0.2) is 0 Å². The maximum Gasteiger partial charge on any atom is 0.0127 e. The maximum atomic E-state index is 2.72. The predicted octanol–water partition coefficient (Wildman–Crippen LogP) is 4.32. The Kier molecular flexibility index (Phi) is 4.10. The molecule has 1 unspecified atom stereocenters. The average molecular weight is 225 g/mol. The summed E-state index contributed by atoms with van der Waals surface area (Å²) in [6.45, 7) is 17.9. The summed E-state index contributed by atoms with van der Waals surface area (Å²) in [6, 6.07) is 0.790. The first kappa shape index (κ1) is 14.0. The van der Waals surface area contributed by atoms with Gasteiger partial charge >= 0.3 is 0 Å². The summed E-state index contributed by atoms with van der Waals surface area (Å²) in [7, 11) is 0. The van der Waals surface area contributed by atoms with E-state index >= 15 is 0 Å². The van der Waals surface area contributed by atoms with E-state index in [2.05, 4.69) is 53.4 Å². The lowest BCUT2D eigenvalue weighted by Gasteiger charge is -2.49. The first-order chi connectivity index (χ1) is 7.16. The van der Waals surface area contributed by atoms with Crippen LogP contribution in [0.15, 0.2) is 0 Å². The number of rotatable bonds is 1. The predicted molar refractivity (Wildman–Crippen MR) is 72.7 cm³/mol. The van der Waals surface area contributed by atoms with Gasteiger partial charge in [-0.1, -0.05) is 27.7 Å². The lowest BCUT2D eigenvalue weighted by Crippen LogP contribution is -2.53. The molecule has 0 aliphatic carbocycles. The van der Waals surface area contributed by atoms with Crippen molar-refractivity contribution < 1.29 is 0 Å². The SMILES string of the molecule is CC[C@@H]1CC(C(C)(C)C)CCN1C(C)(C)C.